The van der Waals surface area contributed by atoms with Crippen molar-refractivity contribution in [3.8, 4) is 17.2 Å². The molecule has 2 aliphatic rings. The van der Waals surface area contributed by atoms with Crippen molar-refractivity contribution in [3.05, 3.63) is 41.5 Å². The molecule has 3 heterocycles. The van der Waals surface area contributed by atoms with Gasteiger partial charge in [-0.1, -0.05) is 6.07 Å². The van der Waals surface area contributed by atoms with Crippen LogP contribution in [0.3, 0.4) is 0 Å². The second-order valence-electron chi connectivity index (χ2n) is 6.89. The summed E-state index contributed by atoms with van der Waals surface area (Å²) in [6.07, 6.45) is 0.517. The number of rotatable bonds is 2. The first-order valence-corrected chi connectivity index (χ1v) is 9.20. The summed E-state index contributed by atoms with van der Waals surface area (Å²) in [4.78, 5) is 9.34. The maximum absolute atomic E-state index is 6.05. The first-order chi connectivity index (χ1) is 13.6. The first kappa shape index (κ1) is 16.7. The number of aromatic nitrogens is 2. The monoisotopic (exact) mass is 379 g/mol. The number of benzene rings is 2. The Balaban J connectivity index is 1.68. The molecule has 0 bridgehead atoms. The van der Waals surface area contributed by atoms with Crippen molar-refractivity contribution >= 4 is 22.9 Å². The van der Waals surface area contributed by atoms with Crippen LogP contribution < -0.4 is 25.3 Å². The van der Waals surface area contributed by atoms with Crippen LogP contribution in [0.4, 0.5) is 5.95 Å². The molecule has 5 rings (SSSR count). The Morgan fingerprint density at radius 3 is 2.71 bits per heavy atom. The van der Waals surface area contributed by atoms with Gasteiger partial charge in [-0.15, -0.1) is 0 Å². The van der Waals surface area contributed by atoms with Crippen molar-refractivity contribution < 1.29 is 14.2 Å². The molecule has 28 heavy (non-hydrogen) atoms. The van der Waals surface area contributed by atoms with E-state index in [0.29, 0.717) is 30.9 Å². The molecule has 0 radical (unpaired) electrons. The molecule has 2 aromatic carbocycles. The second-order valence-corrected chi connectivity index (χ2v) is 6.89. The van der Waals surface area contributed by atoms with E-state index < -0.39 is 0 Å². The third-order valence-corrected chi connectivity index (χ3v) is 5.02. The van der Waals surface area contributed by atoms with Crippen molar-refractivity contribution in [3.63, 3.8) is 0 Å². The van der Waals surface area contributed by atoms with Gasteiger partial charge in [0.25, 0.3) is 0 Å². The van der Waals surface area contributed by atoms with E-state index in [0.717, 1.165) is 40.1 Å². The molecule has 144 valence electrons. The van der Waals surface area contributed by atoms with E-state index in [1.54, 1.807) is 7.11 Å². The molecule has 3 aromatic rings. The van der Waals surface area contributed by atoms with Gasteiger partial charge in [0.15, 0.2) is 23.6 Å². The SMILES string of the molecule is COc1ccc(C2N=C(N)Nc3nc4cc5c(cc4n32)OCCCO5)cc1C. The summed E-state index contributed by atoms with van der Waals surface area (Å²) in [6, 6.07) is 9.88. The minimum atomic E-state index is -0.337. The van der Waals surface area contributed by atoms with E-state index in [1.807, 2.05) is 35.8 Å². The molecule has 1 unspecified atom stereocenters. The lowest BCUT2D eigenvalue weighted by Crippen LogP contribution is -2.31. The van der Waals surface area contributed by atoms with Gasteiger partial charge in [0.2, 0.25) is 5.95 Å². The number of imidazole rings is 1. The van der Waals surface area contributed by atoms with E-state index in [-0.39, 0.29) is 6.17 Å². The number of anilines is 1. The number of fused-ring (bicyclic) bond motifs is 4. The molecule has 0 saturated carbocycles. The van der Waals surface area contributed by atoms with E-state index in [2.05, 4.69) is 16.4 Å². The minimum absolute atomic E-state index is 0.329. The quantitative estimate of drug-likeness (QED) is 0.711. The fraction of sp³-hybridized carbons (Fsp3) is 0.300. The topological polar surface area (TPSA) is 95.9 Å². The highest BCUT2D eigenvalue weighted by molar-refractivity contribution is 5.95. The van der Waals surface area contributed by atoms with Crippen LogP contribution in [0.5, 0.6) is 17.2 Å². The number of aryl methyl sites for hydroxylation is 1. The Labute approximate surface area is 161 Å². The molecule has 0 saturated heterocycles. The molecule has 3 N–H and O–H groups in total. The second kappa shape index (κ2) is 6.33. The third-order valence-electron chi connectivity index (χ3n) is 5.02. The molecule has 1 aromatic heterocycles. The zero-order valence-corrected chi connectivity index (χ0v) is 15.7. The molecule has 2 aliphatic heterocycles. The Kier molecular flexibility index (Phi) is 3.78. The van der Waals surface area contributed by atoms with Crippen molar-refractivity contribution in [2.75, 3.05) is 25.6 Å². The van der Waals surface area contributed by atoms with E-state index in [4.69, 9.17) is 24.9 Å². The Morgan fingerprint density at radius 2 is 1.96 bits per heavy atom. The lowest BCUT2D eigenvalue weighted by atomic mass is 10.1. The highest BCUT2D eigenvalue weighted by atomic mass is 16.5. The maximum Gasteiger partial charge on any atom is 0.212 e. The normalized spacial score (nSPS) is 18.1. The van der Waals surface area contributed by atoms with Gasteiger partial charge in [-0.3, -0.25) is 9.88 Å². The minimum Gasteiger partial charge on any atom is -0.496 e. The number of aliphatic imine (C=N–C) groups is 1. The average Bonchev–Trinajstić information content (AvgIpc) is 2.87. The predicted molar refractivity (Wildman–Crippen MR) is 106 cm³/mol. The average molecular weight is 379 g/mol. The van der Waals surface area contributed by atoms with Gasteiger partial charge < -0.3 is 19.9 Å². The number of nitrogens with one attached hydrogen (secondary N) is 1. The lowest BCUT2D eigenvalue weighted by molar-refractivity contribution is 0.297. The molecule has 1 atom stereocenters. The van der Waals surface area contributed by atoms with Crippen LogP contribution in [0.2, 0.25) is 0 Å². The summed E-state index contributed by atoms with van der Waals surface area (Å²) in [5, 5.41) is 3.06. The predicted octanol–water partition coefficient (Wildman–Crippen LogP) is 2.80. The standard InChI is InChI=1S/C20H21N5O3/c1-11-8-12(4-5-15(11)26-2)18-23-19(21)24-20-22-13-9-16-17(10-14(13)25(18)20)28-7-3-6-27-16/h4-5,8-10,18H,3,6-7H2,1-2H3,(H3,21,22,23,24). The van der Waals surface area contributed by atoms with E-state index in [9.17, 15) is 0 Å². The van der Waals surface area contributed by atoms with Gasteiger partial charge in [0.05, 0.1) is 31.4 Å². The van der Waals surface area contributed by atoms with Gasteiger partial charge in [0, 0.05) is 18.6 Å². The van der Waals surface area contributed by atoms with Crippen LogP contribution >= 0.6 is 0 Å². The summed E-state index contributed by atoms with van der Waals surface area (Å²) in [5.41, 5.74) is 9.78. The summed E-state index contributed by atoms with van der Waals surface area (Å²) in [7, 11) is 1.66. The van der Waals surface area contributed by atoms with Crippen LogP contribution in [0.15, 0.2) is 35.3 Å². The zero-order chi connectivity index (χ0) is 19.3. The summed E-state index contributed by atoms with van der Waals surface area (Å²) in [5.74, 6) is 3.24. The maximum atomic E-state index is 6.05. The van der Waals surface area contributed by atoms with Crippen LogP contribution in [-0.2, 0) is 0 Å². The molecule has 0 spiro atoms. The van der Waals surface area contributed by atoms with Crippen LogP contribution in [0.25, 0.3) is 11.0 Å². The molecular weight excluding hydrogens is 358 g/mol. The van der Waals surface area contributed by atoms with Crippen molar-refractivity contribution in [2.45, 2.75) is 19.5 Å². The smallest absolute Gasteiger partial charge is 0.212 e. The van der Waals surface area contributed by atoms with Gasteiger partial charge >= 0.3 is 0 Å². The fourth-order valence-corrected chi connectivity index (χ4v) is 3.71. The van der Waals surface area contributed by atoms with Crippen molar-refractivity contribution in [1.82, 2.24) is 9.55 Å². The lowest BCUT2D eigenvalue weighted by Gasteiger charge is -2.24. The molecule has 0 amide bonds. The Hall–Kier alpha value is -3.42. The largest absolute Gasteiger partial charge is 0.496 e. The van der Waals surface area contributed by atoms with Gasteiger partial charge in [-0.25, -0.2) is 9.98 Å². The molecule has 8 heteroatoms. The van der Waals surface area contributed by atoms with Crippen molar-refractivity contribution in [1.29, 1.82) is 0 Å². The number of hydrogen-bond acceptors (Lipinski definition) is 7. The Morgan fingerprint density at radius 1 is 1.18 bits per heavy atom. The highest BCUT2D eigenvalue weighted by Crippen LogP contribution is 2.39. The molecular formula is C20H21N5O3. The van der Waals surface area contributed by atoms with Gasteiger partial charge in [-0.05, 0) is 30.2 Å². The van der Waals surface area contributed by atoms with Crippen LogP contribution in [-0.4, -0.2) is 35.8 Å². The van der Waals surface area contributed by atoms with Gasteiger partial charge in [0.1, 0.15) is 5.75 Å². The zero-order valence-electron chi connectivity index (χ0n) is 15.7. The fourth-order valence-electron chi connectivity index (χ4n) is 3.71. The summed E-state index contributed by atoms with van der Waals surface area (Å²) in [6.45, 7) is 3.27. The number of ether oxygens (including phenoxy) is 3. The van der Waals surface area contributed by atoms with E-state index in [1.165, 1.54) is 0 Å². The number of guanidine groups is 1. The number of nitrogens with zero attached hydrogens (tertiary/aromatic N) is 3. The molecule has 0 aliphatic carbocycles. The number of methoxy groups -OCH3 is 1. The summed E-state index contributed by atoms with van der Waals surface area (Å²) < 4.78 is 19.1. The third kappa shape index (κ3) is 2.60. The molecule has 8 nitrogen and oxygen atoms in total. The number of hydrogen-bond donors (Lipinski definition) is 2. The van der Waals surface area contributed by atoms with Crippen LogP contribution in [0, 0.1) is 6.92 Å². The van der Waals surface area contributed by atoms with Crippen LogP contribution in [0.1, 0.15) is 23.7 Å². The molecule has 0 fully saturated rings. The van der Waals surface area contributed by atoms with E-state index >= 15 is 0 Å². The Bertz CT molecular complexity index is 1100. The number of nitrogens with two attached hydrogens (primary N) is 1. The highest BCUT2D eigenvalue weighted by Gasteiger charge is 2.27. The first-order valence-electron chi connectivity index (χ1n) is 9.20. The summed E-state index contributed by atoms with van der Waals surface area (Å²) >= 11 is 0. The van der Waals surface area contributed by atoms with Gasteiger partial charge in [-0.2, -0.15) is 0 Å². The van der Waals surface area contributed by atoms with Crippen molar-refractivity contribution in [2.24, 2.45) is 10.7 Å².